The number of halogens is 1. The second-order valence-electron chi connectivity index (χ2n) is 4.54. The molecular formula is C15H15BrN2O3. The maximum Gasteiger partial charge on any atom is 0.213 e. The van der Waals surface area contributed by atoms with Crippen LogP contribution in [0.2, 0.25) is 0 Å². The Bertz CT molecular complexity index is 632. The van der Waals surface area contributed by atoms with E-state index in [2.05, 4.69) is 26.2 Å². The van der Waals surface area contributed by atoms with Crippen LogP contribution in [0.25, 0.3) is 0 Å². The summed E-state index contributed by atoms with van der Waals surface area (Å²) in [7, 11) is 1.60. The number of methoxy groups -OCH3 is 1. The molecule has 0 bridgehead atoms. The summed E-state index contributed by atoms with van der Waals surface area (Å²) in [4.78, 5) is 4.16. The fourth-order valence-electron chi connectivity index (χ4n) is 2.08. The molecule has 0 atom stereocenters. The fourth-order valence-corrected chi connectivity index (χ4v) is 2.68. The predicted octanol–water partition coefficient (Wildman–Crippen LogP) is 3.24. The first kappa shape index (κ1) is 14.0. The Hall–Kier alpha value is -1.95. The van der Waals surface area contributed by atoms with Gasteiger partial charge >= 0.3 is 0 Å². The number of nitrogens with zero attached hydrogens (tertiary/aromatic N) is 1. The average molecular weight is 351 g/mol. The quantitative estimate of drug-likeness (QED) is 0.917. The van der Waals surface area contributed by atoms with Crippen LogP contribution in [0.4, 0.5) is 5.69 Å². The number of ether oxygens (including phenoxy) is 3. The van der Waals surface area contributed by atoms with E-state index in [4.69, 9.17) is 14.2 Å². The second kappa shape index (κ2) is 6.22. The van der Waals surface area contributed by atoms with Gasteiger partial charge in [0.25, 0.3) is 0 Å². The van der Waals surface area contributed by atoms with Gasteiger partial charge in [0.1, 0.15) is 13.2 Å². The molecule has 1 aliphatic heterocycles. The Morgan fingerprint density at radius 3 is 2.90 bits per heavy atom. The third kappa shape index (κ3) is 3.21. The van der Waals surface area contributed by atoms with Gasteiger partial charge in [0.2, 0.25) is 5.88 Å². The van der Waals surface area contributed by atoms with Crippen molar-refractivity contribution >= 4 is 21.6 Å². The molecule has 0 saturated carbocycles. The third-order valence-electron chi connectivity index (χ3n) is 3.10. The first-order chi connectivity index (χ1) is 10.3. The van der Waals surface area contributed by atoms with Crippen LogP contribution in [0.3, 0.4) is 0 Å². The highest BCUT2D eigenvalue weighted by molar-refractivity contribution is 9.10. The lowest BCUT2D eigenvalue weighted by atomic mass is 10.2. The second-order valence-corrected chi connectivity index (χ2v) is 5.40. The Morgan fingerprint density at radius 2 is 2.14 bits per heavy atom. The minimum Gasteiger partial charge on any atom is -0.486 e. The minimum atomic E-state index is 0.582. The van der Waals surface area contributed by atoms with Crippen LogP contribution in [0.1, 0.15) is 5.56 Å². The molecule has 110 valence electrons. The molecule has 2 heterocycles. The van der Waals surface area contributed by atoms with E-state index < -0.39 is 0 Å². The molecular weight excluding hydrogens is 336 g/mol. The molecule has 0 amide bonds. The standard InChI is InChI=1S/C15H15BrN2O3/c1-19-14-3-2-11(9-18-14)17-8-10-6-12(16)15-13(7-10)20-4-5-21-15/h2-3,6-7,9,17H,4-5,8H2,1H3. The molecule has 0 saturated heterocycles. The Labute approximate surface area is 131 Å². The topological polar surface area (TPSA) is 52.6 Å². The van der Waals surface area contributed by atoms with Crippen LogP contribution in [0.5, 0.6) is 17.4 Å². The first-order valence-corrected chi connectivity index (χ1v) is 7.37. The monoisotopic (exact) mass is 350 g/mol. The minimum absolute atomic E-state index is 0.582. The molecule has 0 spiro atoms. The number of hydrogen-bond acceptors (Lipinski definition) is 5. The Morgan fingerprint density at radius 1 is 1.29 bits per heavy atom. The summed E-state index contributed by atoms with van der Waals surface area (Å²) in [6.45, 7) is 1.84. The molecule has 0 fully saturated rings. The summed E-state index contributed by atoms with van der Waals surface area (Å²) in [5, 5.41) is 3.31. The number of anilines is 1. The molecule has 2 aromatic rings. The van der Waals surface area contributed by atoms with Gasteiger partial charge in [0.15, 0.2) is 11.5 Å². The molecule has 1 aromatic heterocycles. The molecule has 1 aliphatic rings. The number of pyridine rings is 1. The predicted molar refractivity (Wildman–Crippen MR) is 83.2 cm³/mol. The molecule has 3 rings (SSSR count). The number of aromatic nitrogens is 1. The van der Waals surface area contributed by atoms with Crippen molar-refractivity contribution in [1.82, 2.24) is 4.98 Å². The highest BCUT2D eigenvalue weighted by Crippen LogP contribution is 2.38. The van der Waals surface area contributed by atoms with Crippen molar-refractivity contribution in [2.24, 2.45) is 0 Å². The number of rotatable bonds is 4. The Balaban J connectivity index is 1.71. The average Bonchev–Trinajstić information content (AvgIpc) is 2.53. The van der Waals surface area contributed by atoms with E-state index in [1.54, 1.807) is 13.3 Å². The van der Waals surface area contributed by atoms with Crippen LogP contribution in [0, 0.1) is 0 Å². The van der Waals surface area contributed by atoms with Crippen molar-refractivity contribution in [2.75, 3.05) is 25.6 Å². The van der Waals surface area contributed by atoms with Gasteiger partial charge in [-0.15, -0.1) is 0 Å². The summed E-state index contributed by atoms with van der Waals surface area (Å²) in [5.74, 6) is 2.15. The zero-order chi connectivity index (χ0) is 14.7. The molecule has 1 N–H and O–H groups in total. The van der Waals surface area contributed by atoms with Crippen molar-refractivity contribution in [3.8, 4) is 17.4 Å². The van der Waals surface area contributed by atoms with E-state index in [9.17, 15) is 0 Å². The normalized spacial score (nSPS) is 12.9. The number of hydrogen-bond donors (Lipinski definition) is 1. The van der Waals surface area contributed by atoms with Crippen LogP contribution in [-0.2, 0) is 6.54 Å². The summed E-state index contributed by atoms with van der Waals surface area (Å²) in [5.41, 5.74) is 2.03. The third-order valence-corrected chi connectivity index (χ3v) is 3.69. The number of nitrogens with one attached hydrogen (secondary N) is 1. The lowest BCUT2D eigenvalue weighted by Crippen LogP contribution is -2.16. The largest absolute Gasteiger partial charge is 0.486 e. The highest BCUT2D eigenvalue weighted by Gasteiger charge is 2.16. The molecule has 5 nitrogen and oxygen atoms in total. The molecule has 0 unspecified atom stereocenters. The number of fused-ring (bicyclic) bond motifs is 1. The Kier molecular flexibility index (Phi) is 4.15. The van der Waals surface area contributed by atoms with E-state index in [1.165, 1.54) is 0 Å². The first-order valence-electron chi connectivity index (χ1n) is 6.58. The van der Waals surface area contributed by atoms with E-state index in [0.29, 0.717) is 25.6 Å². The lowest BCUT2D eigenvalue weighted by Gasteiger charge is -2.20. The van der Waals surface area contributed by atoms with Crippen LogP contribution >= 0.6 is 15.9 Å². The zero-order valence-corrected chi connectivity index (χ0v) is 13.1. The summed E-state index contributed by atoms with van der Waals surface area (Å²) in [6.07, 6.45) is 1.74. The van der Waals surface area contributed by atoms with Gasteiger partial charge in [-0.25, -0.2) is 4.98 Å². The molecule has 0 aliphatic carbocycles. The van der Waals surface area contributed by atoms with Crippen LogP contribution in [0.15, 0.2) is 34.9 Å². The number of benzene rings is 1. The SMILES string of the molecule is COc1ccc(NCc2cc(Br)c3c(c2)OCCO3)cn1. The lowest BCUT2D eigenvalue weighted by molar-refractivity contribution is 0.170. The smallest absolute Gasteiger partial charge is 0.213 e. The van der Waals surface area contributed by atoms with Crippen molar-refractivity contribution in [1.29, 1.82) is 0 Å². The van der Waals surface area contributed by atoms with Crippen molar-refractivity contribution in [3.05, 3.63) is 40.5 Å². The van der Waals surface area contributed by atoms with Crippen molar-refractivity contribution in [3.63, 3.8) is 0 Å². The van der Waals surface area contributed by atoms with E-state index >= 15 is 0 Å². The molecule has 21 heavy (non-hydrogen) atoms. The molecule has 6 heteroatoms. The van der Waals surface area contributed by atoms with Gasteiger partial charge < -0.3 is 19.5 Å². The zero-order valence-electron chi connectivity index (χ0n) is 11.6. The molecule has 0 radical (unpaired) electrons. The fraction of sp³-hybridized carbons (Fsp3) is 0.267. The van der Waals surface area contributed by atoms with Gasteiger partial charge in [-0.3, -0.25) is 0 Å². The van der Waals surface area contributed by atoms with Gasteiger partial charge in [0.05, 0.1) is 23.5 Å². The van der Waals surface area contributed by atoms with Gasteiger partial charge in [-0.1, -0.05) is 0 Å². The summed E-state index contributed by atoms with van der Waals surface area (Å²) < 4.78 is 17.1. The summed E-state index contributed by atoms with van der Waals surface area (Å²) in [6, 6.07) is 7.77. The summed E-state index contributed by atoms with van der Waals surface area (Å²) >= 11 is 3.52. The van der Waals surface area contributed by atoms with E-state index in [0.717, 1.165) is 27.2 Å². The highest BCUT2D eigenvalue weighted by atomic mass is 79.9. The van der Waals surface area contributed by atoms with Crippen LogP contribution in [-0.4, -0.2) is 25.3 Å². The van der Waals surface area contributed by atoms with E-state index in [1.807, 2.05) is 24.3 Å². The van der Waals surface area contributed by atoms with Crippen LogP contribution < -0.4 is 19.5 Å². The van der Waals surface area contributed by atoms with Crippen molar-refractivity contribution < 1.29 is 14.2 Å². The van der Waals surface area contributed by atoms with E-state index in [-0.39, 0.29) is 0 Å². The van der Waals surface area contributed by atoms with Gasteiger partial charge in [0, 0.05) is 12.6 Å². The molecule has 1 aromatic carbocycles. The van der Waals surface area contributed by atoms with Gasteiger partial charge in [-0.2, -0.15) is 0 Å². The van der Waals surface area contributed by atoms with Gasteiger partial charge in [-0.05, 0) is 39.7 Å². The maximum absolute atomic E-state index is 5.62. The van der Waals surface area contributed by atoms with Crippen molar-refractivity contribution in [2.45, 2.75) is 6.54 Å². The maximum atomic E-state index is 5.62.